The van der Waals surface area contributed by atoms with Crippen LogP contribution in [0.2, 0.25) is 10.0 Å². The number of nitrogens with zero attached hydrogens (tertiary/aromatic N) is 2. The van der Waals surface area contributed by atoms with Crippen LogP contribution in [0, 0.1) is 0 Å². The predicted molar refractivity (Wildman–Crippen MR) is 125 cm³/mol. The molecule has 0 amide bonds. The van der Waals surface area contributed by atoms with Crippen molar-refractivity contribution < 1.29 is 22.7 Å². The van der Waals surface area contributed by atoms with Gasteiger partial charge in [-0.15, -0.1) is 0 Å². The molecule has 0 bridgehead atoms. The minimum absolute atomic E-state index is 0.138. The molecule has 0 fully saturated rings. The number of alkyl halides is 3. The van der Waals surface area contributed by atoms with Crippen molar-refractivity contribution in [1.82, 2.24) is 8.97 Å². The second-order valence-corrected chi connectivity index (χ2v) is 9.07. The summed E-state index contributed by atoms with van der Waals surface area (Å²) in [6, 6.07) is 13.4. The Bertz CT molecular complexity index is 1370. The fraction of sp³-hybridized carbons (Fsp3) is 0.240. The summed E-state index contributed by atoms with van der Waals surface area (Å²) in [5.74, 6) is -1.29. The molecule has 1 aliphatic heterocycles. The first-order valence-corrected chi connectivity index (χ1v) is 11.5. The zero-order valence-corrected chi connectivity index (χ0v) is 19.3. The van der Waals surface area contributed by atoms with Crippen LogP contribution < -0.4 is 4.74 Å². The van der Waals surface area contributed by atoms with Gasteiger partial charge in [0.15, 0.2) is 0 Å². The van der Waals surface area contributed by atoms with Gasteiger partial charge in [-0.1, -0.05) is 35.3 Å². The summed E-state index contributed by atoms with van der Waals surface area (Å²) >= 11 is 11.9. The molecule has 1 aliphatic rings. The first kappa shape index (κ1) is 22.9. The Labute approximate surface area is 203 Å². The second kappa shape index (κ2) is 8.71. The molecule has 0 spiro atoms. The fourth-order valence-electron chi connectivity index (χ4n) is 4.55. The standard InChI is InChI=1S/C25H19Cl2F3N2O2/c26-16-6-4-15(5-7-16)21-20-3-1-2-12-31-18(14-34-19-10-8-17(27)9-11-19)13-32(24(20)31)22(21)23(33)25(28,29)30/h4-11,13H,1-3,12,14H2. The van der Waals surface area contributed by atoms with Crippen LogP contribution in [0.15, 0.2) is 54.7 Å². The molecule has 4 aromatic rings. The van der Waals surface area contributed by atoms with Crippen molar-refractivity contribution in [1.29, 1.82) is 0 Å². The smallest absolute Gasteiger partial charge is 0.456 e. The Morgan fingerprint density at radius 1 is 0.971 bits per heavy atom. The van der Waals surface area contributed by atoms with Gasteiger partial charge in [-0.2, -0.15) is 13.2 Å². The lowest BCUT2D eigenvalue weighted by Crippen LogP contribution is -2.24. The summed E-state index contributed by atoms with van der Waals surface area (Å²) in [6.07, 6.45) is -1.22. The van der Waals surface area contributed by atoms with Crippen molar-refractivity contribution in [3.63, 3.8) is 0 Å². The number of carbonyl (C=O) groups excluding carboxylic acids is 1. The number of Topliss-reactive ketones (excluding diaryl/α,β-unsaturated/α-hetero) is 1. The van der Waals surface area contributed by atoms with E-state index in [9.17, 15) is 18.0 Å². The molecule has 0 N–H and O–H groups in total. The van der Waals surface area contributed by atoms with E-state index in [2.05, 4.69) is 0 Å². The van der Waals surface area contributed by atoms with Crippen molar-refractivity contribution in [2.24, 2.45) is 0 Å². The Hall–Kier alpha value is -2.90. The van der Waals surface area contributed by atoms with E-state index in [0.717, 1.165) is 18.4 Å². The van der Waals surface area contributed by atoms with Gasteiger partial charge in [0.1, 0.15) is 23.7 Å². The second-order valence-electron chi connectivity index (χ2n) is 8.20. The van der Waals surface area contributed by atoms with Gasteiger partial charge in [-0.05, 0) is 61.2 Å². The van der Waals surface area contributed by atoms with Gasteiger partial charge >= 0.3 is 6.18 Å². The number of halogens is 5. The highest BCUT2D eigenvalue weighted by atomic mass is 35.5. The van der Waals surface area contributed by atoms with E-state index < -0.39 is 12.0 Å². The number of hydrogen-bond acceptors (Lipinski definition) is 2. The van der Waals surface area contributed by atoms with Crippen LogP contribution in [-0.2, 0) is 19.6 Å². The molecule has 176 valence electrons. The zero-order chi connectivity index (χ0) is 24.0. The highest BCUT2D eigenvalue weighted by Crippen LogP contribution is 2.40. The fourth-order valence-corrected chi connectivity index (χ4v) is 4.80. The molecule has 0 atom stereocenters. The van der Waals surface area contributed by atoms with E-state index in [1.807, 2.05) is 4.57 Å². The average molecular weight is 507 g/mol. The number of carbonyl (C=O) groups is 1. The van der Waals surface area contributed by atoms with Crippen LogP contribution in [0.3, 0.4) is 0 Å². The minimum Gasteiger partial charge on any atom is -0.487 e. The molecule has 9 heteroatoms. The molecular weight excluding hydrogens is 488 g/mol. The van der Waals surface area contributed by atoms with Crippen LogP contribution >= 0.6 is 23.2 Å². The van der Waals surface area contributed by atoms with Gasteiger partial charge in [0.2, 0.25) is 0 Å². The first-order chi connectivity index (χ1) is 16.2. The van der Waals surface area contributed by atoms with E-state index in [1.165, 1.54) is 4.40 Å². The third kappa shape index (κ3) is 4.07. The molecule has 2 aromatic heterocycles. The molecule has 5 rings (SSSR count). The van der Waals surface area contributed by atoms with Gasteiger partial charge in [-0.25, -0.2) is 0 Å². The molecule has 3 heterocycles. The molecule has 0 saturated heterocycles. The van der Waals surface area contributed by atoms with E-state index in [0.29, 0.717) is 51.2 Å². The molecule has 0 radical (unpaired) electrons. The molecular formula is C25H19Cl2F3N2O2. The van der Waals surface area contributed by atoms with Crippen molar-refractivity contribution in [2.75, 3.05) is 0 Å². The summed E-state index contributed by atoms with van der Waals surface area (Å²) in [5, 5.41) is 1.04. The summed E-state index contributed by atoms with van der Waals surface area (Å²) in [7, 11) is 0. The van der Waals surface area contributed by atoms with Gasteiger partial charge in [-0.3, -0.25) is 9.20 Å². The largest absolute Gasteiger partial charge is 0.487 e. The highest BCUT2D eigenvalue weighted by Gasteiger charge is 2.44. The third-order valence-corrected chi connectivity index (χ3v) is 6.53. The summed E-state index contributed by atoms with van der Waals surface area (Å²) < 4.78 is 50.4. The molecule has 2 aromatic carbocycles. The number of aromatic nitrogens is 2. The number of ketones is 1. The van der Waals surface area contributed by atoms with Crippen molar-refractivity contribution in [2.45, 2.75) is 38.6 Å². The summed E-state index contributed by atoms with van der Waals surface area (Å²) in [6.45, 7) is 0.755. The Morgan fingerprint density at radius 2 is 1.62 bits per heavy atom. The number of benzene rings is 2. The van der Waals surface area contributed by atoms with Gasteiger partial charge < -0.3 is 9.30 Å². The van der Waals surface area contributed by atoms with Crippen LogP contribution in [0.5, 0.6) is 5.75 Å². The lowest BCUT2D eigenvalue weighted by atomic mass is 9.96. The third-order valence-electron chi connectivity index (χ3n) is 6.02. The highest BCUT2D eigenvalue weighted by molar-refractivity contribution is 6.30. The van der Waals surface area contributed by atoms with Gasteiger partial charge in [0.05, 0.1) is 5.69 Å². The lowest BCUT2D eigenvalue weighted by molar-refractivity contribution is -0.0888. The average Bonchev–Trinajstić information content (AvgIpc) is 3.19. The van der Waals surface area contributed by atoms with E-state index >= 15 is 0 Å². The number of aryl methyl sites for hydroxylation is 2. The molecule has 0 aliphatic carbocycles. The van der Waals surface area contributed by atoms with Crippen LogP contribution in [0.25, 0.3) is 16.8 Å². The van der Waals surface area contributed by atoms with Crippen LogP contribution in [0.1, 0.15) is 34.6 Å². The van der Waals surface area contributed by atoms with E-state index in [-0.39, 0.29) is 12.3 Å². The number of hydrogen-bond donors (Lipinski definition) is 0. The molecule has 0 unspecified atom stereocenters. The van der Waals surface area contributed by atoms with Crippen LogP contribution in [-0.4, -0.2) is 20.9 Å². The number of rotatable bonds is 5. The topological polar surface area (TPSA) is 35.6 Å². The van der Waals surface area contributed by atoms with Crippen molar-refractivity contribution >= 4 is 34.6 Å². The first-order valence-electron chi connectivity index (χ1n) is 10.7. The zero-order valence-electron chi connectivity index (χ0n) is 17.8. The molecule has 34 heavy (non-hydrogen) atoms. The van der Waals surface area contributed by atoms with Crippen LogP contribution in [0.4, 0.5) is 13.2 Å². The maximum Gasteiger partial charge on any atom is 0.456 e. The number of imidazole rings is 1. The maximum absolute atomic E-state index is 13.7. The summed E-state index contributed by atoms with van der Waals surface area (Å²) in [5.41, 5.74) is 2.48. The van der Waals surface area contributed by atoms with E-state index in [1.54, 1.807) is 54.7 Å². The lowest BCUT2D eigenvalue weighted by Gasteiger charge is -2.11. The summed E-state index contributed by atoms with van der Waals surface area (Å²) in [4.78, 5) is 12.7. The normalized spacial score (nSPS) is 13.8. The SMILES string of the molecule is O=C(c1c(-c2ccc(Cl)cc2)c2c3n(c(COc4ccc(Cl)cc4)cn13)CCCC2)C(F)(F)F. The monoisotopic (exact) mass is 506 g/mol. The number of ether oxygens (including phenoxy) is 1. The molecule has 4 nitrogen and oxygen atoms in total. The van der Waals surface area contributed by atoms with Gasteiger partial charge in [0.25, 0.3) is 5.78 Å². The Balaban J connectivity index is 1.68. The quantitative estimate of drug-likeness (QED) is 0.265. The maximum atomic E-state index is 13.7. The molecule has 0 saturated carbocycles. The predicted octanol–water partition coefficient (Wildman–Crippen LogP) is 7.37. The van der Waals surface area contributed by atoms with Crippen molar-refractivity contribution in [3.05, 3.63) is 81.7 Å². The Morgan fingerprint density at radius 3 is 2.26 bits per heavy atom. The van der Waals surface area contributed by atoms with E-state index in [4.69, 9.17) is 27.9 Å². The minimum atomic E-state index is -5.01. The van der Waals surface area contributed by atoms with Gasteiger partial charge in [0, 0.05) is 33.9 Å². The van der Waals surface area contributed by atoms with Crippen molar-refractivity contribution in [3.8, 4) is 16.9 Å². The Kier molecular flexibility index (Phi) is 5.86.